The molecule has 23 heavy (non-hydrogen) atoms. The molecule has 0 aromatic rings. The number of hydrogen-bond donors (Lipinski definition) is 2. The maximum Gasteiger partial charge on any atom is 0.341 e. The SMILES string of the molecule is C=C1[C@@H]2[C@H]3OC(=O)[C@](O)(CO)[C@@H]3CCC(=C)[C@@H]2C[C@@H]1OC(C)=O. The standard InChI is InChI=1S/C17H22O6/c1-8-4-5-12-15(23-16(20)17(12,21)7-18)14-9(2)13(6-11(8)14)22-10(3)19/h11-15,18,21H,1-2,4-7H2,3H3/t11-,12+,13-,14-,15-,17-/m0/s1. The minimum atomic E-state index is -1.88. The highest BCUT2D eigenvalue weighted by molar-refractivity contribution is 5.82. The van der Waals surface area contributed by atoms with Crippen molar-refractivity contribution in [2.24, 2.45) is 17.8 Å². The molecule has 3 aliphatic rings. The first kappa shape index (κ1) is 16.2. The zero-order chi connectivity index (χ0) is 16.9. The molecule has 2 N–H and O–H groups in total. The Labute approximate surface area is 134 Å². The lowest BCUT2D eigenvalue weighted by atomic mass is 9.78. The molecule has 3 rings (SSSR count). The van der Waals surface area contributed by atoms with E-state index < -0.39 is 36.3 Å². The molecule has 2 saturated carbocycles. The predicted octanol–water partition coefficient (Wildman–Crippen LogP) is 0.725. The minimum absolute atomic E-state index is 0.00399. The molecule has 3 fully saturated rings. The molecule has 0 spiro atoms. The highest BCUT2D eigenvalue weighted by atomic mass is 16.6. The molecule has 6 nitrogen and oxygen atoms in total. The summed E-state index contributed by atoms with van der Waals surface area (Å²) in [7, 11) is 0. The summed E-state index contributed by atoms with van der Waals surface area (Å²) in [5, 5.41) is 20.0. The average molecular weight is 322 g/mol. The van der Waals surface area contributed by atoms with Crippen molar-refractivity contribution in [3.05, 3.63) is 24.3 Å². The number of aliphatic hydroxyl groups is 2. The normalized spacial score (nSPS) is 42.7. The zero-order valence-corrected chi connectivity index (χ0v) is 13.2. The number of carbonyl (C=O) groups excluding carboxylic acids is 2. The van der Waals surface area contributed by atoms with Crippen LogP contribution in [0.5, 0.6) is 0 Å². The molecule has 0 radical (unpaired) electrons. The molecular weight excluding hydrogens is 300 g/mol. The van der Waals surface area contributed by atoms with Crippen LogP contribution in [0.25, 0.3) is 0 Å². The van der Waals surface area contributed by atoms with Gasteiger partial charge in [-0.25, -0.2) is 4.79 Å². The van der Waals surface area contributed by atoms with E-state index >= 15 is 0 Å². The van der Waals surface area contributed by atoms with Gasteiger partial charge in [0.15, 0.2) is 5.60 Å². The summed E-state index contributed by atoms with van der Waals surface area (Å²) in [6, 6.07) is 0. The van der Waals surface area contributed by atoms with Crippen molar-refractivity contribution >= 4 is 11.9 Å². The predicted molar refractivity (Wildman–Crippen MR) is 80.1 cm³/mol. The van der Waals surface area contributed by atoms with Crippen molar-refractivity contribution in [1.82, 2.24) is 0 Å². The van der Waals surface area contributed by atoms with Crippen LogP contribution in [0.3, 0.4) is 0 Å². The van der Waals surface area contributed by atoms with Gasteiger partial charge in [-0.1, -0.05) is 18.7 Å². The van der Waals surface area contributed by atoms with Gasteiger partial charge in [0.25, 0.3) is 0 Å². The van der Waals surface area contributed by atoms with Crippen LogP contribution in [0.1, 0.15) is 26.2 Å². The molecule has 0 aromatic heterocycles. The number of rotatable bonds is 2. The van der Waals surface area contributed by atoms with Gasteiger partial charge in [0.2, 0.25) is 0 Å². The van der Waals surface area contributed by atoms with Crippen LogP contribution in [0.4, 0.5) is 0 Å². The Morgan fingerprint density at radius 2 is 2.17 bits per heavy atom. The second-order valence-corrected chi connectivity index (χ2v) is 6.80. The molecule has 6 atom stereocenters. The van der Waals surface area contributed by atoms with Gasteiger partial charge in [0.1, 0.15) is 12.2 Å². The largest absolute Gasteiger partial charge is 0.459 e. The molecule has 2 aliphatic carbocycles. The van der Waals surface area contributed by atoms with Crippen LogP contribution in [0.2, 0.25) is 0 Å². The van der Waals surface area contributed by atoms with Crippen LogP contribution >= 0.6 is 0 Å². The van der Waals surface area contributed by atoms with Crippen LogP contribution in [0.15, 0.2) is 24.3 Å². The van der Waals surface area contributed by atoms with E-state index in [0.717, 1.165) is 5.57 Å². The van der Waals surface area contributed by atoms with Crippen LogP contribution < -0.4 is 0 Å². The maximum absolute atomic E-state index is 12.1. The van der Waals surface area contributed by atoms with Crippen molar-refractivity contribution in [1.29, 1.82) is 0 Å². The van der Waals surface area contributed by atoms with E-state index in [4.69, 9.17) is 9.47 Å². The number of hydrogen-bond acceptors (Lipinski definition) is 6. The monoisotopic (exact) mass is 322 g/mol. The Balaban J connectivity index is 1.95. The van der Waals surface area contributed by atoms with Crippen LogP contribution in [-0.4, -0.2) is 46.6 Å². The van der Waals surface area contributed by atoms with Crippen molar-refractivity contribution in [2.75, 3.05) is 6.61 Å². The van der Waals surface area contributed by atoms with Gasteiger partial charge in [-0.2, -0.15) is 0 Å². The first-order valence-electron chi connectivity index (χ1n) is 7.87. The van der Waals surface area contributed by atoms with Crippen molar-refractivity contribution in [3.63, 3.8) is 0 Å². The first-order valence-corrected chi connectivity index (χ1v) is 7.87. The molecule has 1 aliphatic heterocycles. The Hall–Kier alpha value is -1.66. The summed E-state index contributed by atoms with van der Waals surface area (Å²) >= 11 is 0. The Morgan fingerprint density at radius 1 is 1.48 bits per heavy atom. The fraction of sp³-hybridized carbons (Fsp3) is 0.647. The second-order valence-electron chi connectivity index (χ2n) is 6.80. The third-order valence-corrected chi connectivity index (χ3v) is 5.55. The number of fused-ring (bicyclic) bond motifs is 3. The zero-order valence-electron chi connectivity index (χ0n) is 13.2. The van der Waals surface area contributed by atoms with Crippen LogP contribution in [0, 0.1) is 17.8 Å². The van der Waals surface area contributed by atoms with E-state index in [1.165, 1.54) is 6.92 Å². The Morgan fingerprint density at radius 3 is 2.78 bits per heavy atom. The van der Waals surface area contributed by atoms with Crippen molar-refractivity contribution < 1.29 is 29.3 Å². The summed E-state index contributed by atoms with van der Waals surface area (Å²) < 4.78 is 10.8. The molecule has 0 amide bonds. The highest BCUT2D eigenvalue weighted by Gasteiger charge is 2.62. The van der Waals surface area contributed by atoms with Gasteiger partial charge in [-0.05, 0) is 30.8 Å². The van der Waals surface area contributed by atoms with Crippen molar-refractivity contribution in [3.8, 4) is 0 Å². The topological polar surface area (TPSA) is 93.1 Å². The molecule has 6 heteroatoms. The third kappa shape index (κ3) is 2.32. The smallest absolute Gasteiger partial charge is 0.341 e. The fourth-order valence-corrected chi connectivity index (χ4v) is 4.35. The molecule has 126 valence electrons. The lowest BCUT2D eigenvalue weighted by Crippen LogP contribution is -2.46. The van der Waals surface area contributed by atoms with E-state index in [1.807, 2.05) is 0 Å². The quantitative estimate of drug-likeness (QED) is 0.575. The van der Waals surface area contributed by atoms with Gasteiger partial charge in [0.05, 0.1) is 6.61 Å². The Kier molecular flexibility index (Phi) is 3.84. The number of aliphatic hydroxyl groups excluding tert-OH is 1. The van der Waals surface area contributed by atoms with Crippen LogP contribution in [-0.2, 0) is 19.1 Å². The maximum atomic E-state index is 12.1. The number of ether oxygens (including phenoxy) is 2. The van der Waals surface area contributed by atoms with Gasteiger partial charge < -0.3 is 19.7 Å². The number of carbonyl (C=O) groups is 2. The van der Waals surface area contributed by atoms with Gasteiger partial charge >= 0.3 is 11.9 Å². The van der Waals surface area contributed by atoms with E-state index in [2.05, 4.69) is 13.2 Å². The molecule has 0 unspecified atom stereocenters. The van der Waals surface area contributed by atoms with E-state index in [-0.39, 0.29) is 17.8 Å². The van der Waals surface area contributed by atoms with Gasteiger partial charge in [0, 0.05) is 18.8 Å². The van der Waals surface area contributed by atoms with E-state index in [1.54, 1.807) is 0 Å². The minimum Gasteiger partial charge on any atom is -0.459 e. The van der Waals surface area contributed by atoms with E-state index in [9.17, 15) is 19.8 Å². The second kappa shape index (κ2) is 5.46. The van der Waals surface area contributed by atoms with Gasteiger partial charge in [-0.3, -0.25) is 4.79 Å². The number of allylic oxidation sites excluding steroid dienone is 1. The highest BCUT2D eigenvalue weighted by Crippen LogP contribution is 2.53. The molecular formula is C17H22O6. The Bertz CT molecular complexity index is 582. The lowest BCUT2D eigenvalue weighted by Gasteiger charge is -2.28. The van der Waals surface area contributed by atoms with Crippen molar-refractivity contribution in [2.45, 2.75) is 44.0 Å². The number of esters is 2. The summed E-state index contributed by atoms with van der Waals surface area (Å²) in [5.41, 5.74) is -0.200. The van der Waals surface area contributed by atoms with E-state index in [0.29, 0.717) is 24.8 Å². The lowest BCUT2D eigenvalue weighted by molar-refractivity contribution is -0.159. The molecule has 0 aromatic carbocycles. The summed E-state index contributed by atoms with van der Waals surface area (Å²) in [5.74, 6) is -1.94. The molecule has 0 bridgehead atoms. The fourth-order valence-electron chi connectivity index (χ4n) is 4.35. The molecule has 1 saturated heterocycles. The summed E-state index contributed by atoms with van der Waals surface area (Å²) in [4.78, 5) is 23.4. The summed E-state index contributed by atoms with van der Waals surface area (Å²) in [6.07, 6.45) is 0.711. The summed E-state index contributed by atoms with van der Waals surface area (Å²) in [6.45, 7) is 8.85. The van der Waals surface area contributed by atoms with Gasteiger partial charge in [-0.15, -0.1) is 0 Å². The third-order valence-electron chi connectivity index (χ3n) is 5.55. The molecule has 1 heterocycles. The first-order chi connectivity index (χ1) is 10.8. The average Bonchev–Trinajstić information content (AvgIpc) is 2.87.